The van der Waals surface area contributed by atoms with Crippen LogP contribution >= 0.6 is 0 Å². The minimum Gasteiger partial charge on any atom is -0.480 e. The van der Waals surface area contributed by atoms with Crippen molar-refractivity contribution in [1.82, 2.24) is 10.6 Å². The second-order valence-corrected chi connectivity index (χ2v) is 6.10. The molecule has 7 nitrogen and oxygen atoms in total. The summed E-state index contributed by atoms with van der Waals surface area (Å²) >= 11 is 0. The molecule has 0 rings (SSSR count). The van der Waals surface area contributed by atoms with E-state index in [1.165, 1.54) is 0 Å². The molecule has 0 aromatic rings. The van der Waals surface area contributed by atoms with Gasteiger partial charge in [0.1, 0.15) is 6.54 Å². The maximum absolute atomic E-state index is 11.3. The van der Waals surface area contributed by atoms with E-state index < -0.39 is 33.6 Å². The van der Waals surface area contributed by atoms with Crippen LogP contribution in [0.3, 0.4) is 0 Å². The van der Waals surface area contributed by atoms with Gasteiger partial charge in [-0.3, -0.25) is 4.79 Å². The molecule has 0 aliphatic carbocycles. The van der Waals surface area contributed by atoms with Crippen molar-refractivity contribution in [2.45, 2.75) is 19.1 Å². The molecule has 0 atom stereocenters. The Labute approximate surface area is 94.1 Å². The first kappa shape index (κ1) is 14.7. The van der Waals surface area contributed by atoms with E-state index in [0.29, 0.717) is 0 Å². The molecule has 16 heavy (non-hydrogen) atoms. The zero-order valence-corrected chi connectivity index (χ0v) is 10.0. The van der Waals surface area contributed by atoms with E-state index >= 15 is 0 Å². The molecule has 0 radical (unpaired) electrons. The lowest BCUT2D eigenvalue weighted by Gasteiger charge is -2.08. The summed E-state index contributed by atoms with van der Waals surface area (Å²) in [6, 6.07) is -0.693. The Kier molecular flexibility index (Phi) is 5.79. The van der Waals surface area contributed by atoms with Gasteiger partial charge in [0, 0.05) is 6.54 Å². The molecular weight excluding hydrogens is 236 g/mol. The number of hydrogen-bond acceptors (Lipinski definition) is 4. The lowest BCUT2D eigenvalue weighted by atomic mass is 10.6. The summed E-state index contributed by atoms with van der Waals surface area (Å²) in [6.07, 6.45) is 0. The average molecular weight is 252 g/mol. The Morgan fingerprint density at radius 2 is 1.81 bits per heavy atom. The number of carboxylic acids is 1. The summed E-state index contributed by atoms with van der Waals surface area (Å²) in [7, 11) is -3.18. The minimum absolute atomic E-state index is 0.0357. The van der Waals surface area contributed by atoms with Gasteiger partial charge in [-0.2, -0.15) is 0 Å². The molecule has 0 aromatic heterocycles. The molecular formula is C8H16N2O5S. The van der Waals surface area contributed by atoms with Crippen molar-refractivity contribution < 1.29 is 23.1 Å². The van der Waals surface area contributed by atoms with Crippen molar-refractivity contribution >= 4 is 21.8 Å². The van der Waals surface area contributed by atoms with Gasteiger partial charge in [0.05, 0.1) is 11.0 Å². The maximum Gasteiger partial charge on any atom is 0.323 e. The van der Waals surface area contributed by atoms with Crippen molar-refractivity contribution in [1.29, 1.82) is 0 Å². The van der Waals surface area contributed by atoms with E-state index in [0.717, 1.165) is 0 Å². The summed E-state index contributed by atoms with van der Waals surface area (Å²) in [5.41, 5.74) is 0. The summed E-state index contributed by atoms with van der Waals surface area (Å²) < 4.78 is 22.6. The van der Waals surface area contributed by atoms with E-state index in [4.69, 9.17) is 5.11 Å². The predicted octanol–water partition coefficient (Wildman–Crippen LogP) is -0.807. The number of aliphatic carboxylic acids is 1. The van der Waals surface area contributed by atoms with E-state index in [-0.39, 0.29) is 12.3 Å². The van der Waals surface area contributed by atoms with Crippen molar-refractivity contribution in [2.75, 3.05) is 18.8 Å². The number of carboxylic acid groups (broad SMARTS) is 1. The lowest BCUT2D eigenvalue weighted by Crippen LogP contribution is -2.40. The number of carbonyl (C=O) groups is 2. The number of sulfone groups is 1. The van der Waals surface area contributed by atoms with Crippen LogP contribution in [0.15, 0.2) is 0 Å². The van der Waals surface area contributed by atoms with Gasteiger partial charge in [-0.15, -0.1) is 0 Å². The predicted molar refractivity (Wildman–Crippen MR) is 58.0 cm³/mol. The molecule has 0 aromatic carbocycles. The average Bonchev–Trinajstić information content (AvgIpc) is 2.14. The number of rotatable bonds is 6. The highest BCUT2D eigenvalue weighted by molar-refractivity contribution is 7.92. The zero-order chi connectivity index (χ0) is 12.8. The van der Waals surface area contributed by atoms with Crippen molar-refractivity contribution in [3.05, 3.63) is 0 Å². The Bertz CT molecular complexity index is 349. The van der Waals surface area contributed by atoms with Crippen LogP contribution in [0.2, 0.25) is 0 Å². The van der Waals surface area contributed by atoms with Gasteiger partial charge < -0.3 is 15.7 Å². The van der Waals surface area contributed by atoms with E-state index in [1.54, 1.807) is 13.8 Å². The molecule has 0 unspecified atom stereocenters. The molecule has 0 aliphatic heterocycles. The Balaban J connectivity index is 3.83. The van der Waals surface area contributed by atoms with Gasteiger partial charge in [-0.05, 0) is 13.8 Å². The SMILES string of the molecule is CC(C)S(=O)(=O)CCNC(=O)NCC(=O)O. The fraction of sp³-hybridized carbons (Fsp3) is 0.750. The molecule has 3 N–H and O–H groups in total. The number of urea groups is 1. The van der Waals surface area contributed by atoms with Gasteiger partial charge in [-0.1, -0.05) is 0 Å². The molecule has 94 valence electrons. The van der Waals surface area contributed by atoms with Crippen LogP contribution < -0.4 is 10.6 Å². The molecule has 0 aliphatic rings. The van der Waals surface area contributed by atoms with Gasteiger partial charge in [0.15, 0.2) is 9.84 Å². The molecule has 0 saturated heterocycles. The molecule has 0 bridgehead atoms. The monoisotopic (exact) mass is 252 g/mol. The van der Waals surface area contributed by atoms with Gasteiger partial charge in [0.25, 0.3) is 0 Å². The fourth-order valence-corrected chi connectivity index (χ4v) is 1.62. The lowest BCUT2D eigenvalue weighted by molar-refractivity contribution is -0.135. The third-order valence-corrected chi connectivity index (χ3v) is 4.00. The van der Waals surface area contributed by atoms with Gasteiger partial charge in [-0.25, -0.2) is 13.2 Å². The highest BCUT2D eigenvalue weighted by Gasteiger charge is 2.15. The summed E-state index contributed by atoms with van der Waals surface area (Å²) in [5.74, 6) is -1.32. The van der Waals surface area contributed by atoms with Crippen molar-refractivity contribution in [3.8, 4) is 0 Å². The van der Waals surface area contributed by atoms with Crippen LogP contribution in [-0.2, 0) is 14.6 Å². The van der Waals surface area contributed by atoms with Crippen LogP contribution in [0.4, 0.5) is 4.79 Å². The van der Waals surface area contributed by atoms with Gasteiger partial charge >= 0.3 is 12.0 Å². The highest BCUT2D eigenvalue weighted by atomic mass is 32.2. The van der Waals surface area contributed by atoms with Crippen LogP contribution in [0.5, 0.6) is 0 Å². The van der Waals surface area contributed by atoms with Gasteiger partial charge in [0.2, 0.25) is 0 Å². The van der Waals surface area contributed by atoms with Crippen LogP contribution in [0.25, 0.3) is 0 Å². The quantitative estimate of drug-likeness (QED) is 0.572. The molecule has 2 amide bonds. The Hall–Kier alpha value is -1.31. The number of amides is 2. The molecule has 8 heteroatoms. The molecule has 0 spiro atoms. The smallest absolute Gasteiger partial charge is 0.323 e. The molecule has 0 fully saturated rings. The number of carbonyl (C=O) groups excluding carboxylic acids is 1. The topological polar surface area (TPSA) is 113 Å². The first-order chi connectivity index (χ1) is 7.25. The summed E-state index contributed by atoms with van der Waals surface area (Å²) in [4.78, 5) is 21.0. The van der Waals surface area contributed by atoms with Crippen molar-refractivity contribution in [3.63, 3.8) is 0 Å². The van der Waals surface area contributed by atoms with E-state index in [9.17, 15) is 18.0 Å². The number of nitrogens with one attached hydrogen (secondary N) is 2. The third-order valence-electron chi connectivity index (χ3n) is 1.79. The summed E-state index contributed by atoms with van der Waals surface area (Å²) in [5, 5.41) is 12.1. The van der Waals surface area contributed by atoms with Crippen molar-refractivity contribution in [2.24, 2.45) is 0 Å². The molecule has 0 heterocycles. The fourth-order valence-electron chi connectivity index (χ4n) is 0.761. The van der Waals surface area contributed by atoms with Crippen LogP contribution in [-0.4, -0.2) is 49.6 Å². The maximum atomic E-state index is 11.3. The number of hydrogen-bond donors (Lipinski definition) is 3. The Morgan fingerprint density at radius 1 is 1.25 bits per heavy atom. The van der Waals surface area contributed by atoms with E-state index in [2.05, 4.69) is 10.6 Å². The summed E-state index contributed by atoms with van der Waals surface area (Å²) in [6.45, 7) is 2.58. The van der Waals surface area contributed by atoms with Crippen LogP contribution in [0.1, 0.15) is 13.8 Å². The second-order valence-electron chi connectivity index (χ2n) is 3.42. The largest absolute Gasteiger partial charge is 0.480 e. The standard InChI is InChI=1S/C8H16N2O5S/c1-6(2)16(14,15)4-3-9-8(13)10-5-7(11)12/h6H,3-5H2,1-2H3,(H,11,12)(H2,9,10,13). The first-order valence-electron chi connectivity index (χ1n) is 4.70. The van der Waals surface area contributed by atoms with Crippen LogP contribution in [0, 0.1) is 0 Å². The third kappa shape index (κ3) is 6.23. The minimum atomic E-state index is -3.18. The second kappa shape index (κ2) is 6.31. The normalized spacial score (nSPS) is 11.2. The highest BCUT2D eigenvalue weighted by Crippen LogP contribution is 1.98. The van der Waals surface area contributed by atoms with E-state index in [1.807, 2.05) is 0 Å². The first-order valence-corrected chi connectivity index (χ1v) is 6.42. The zero-order valence-electron chi connectivity index (χ0n) is 9.19. The molecule has 0 saturated carbocycles. The Morgan fingerprint density at radius 3 is 2.25 bits per heavy atom.